The predicted octanol–water partition coefficient (Wildman–Crippen LogP) is 3.09. The van der Waals surface area contributed by atoms with Crippen LogP contribution in [0, 0.1) is 0 Å². The number of rotatable bonds is 7. The minimum absolute atomic E-state index is 0.195. The summed E-state index contributed by atoms with van der Waals surface area (Å²) in [6.45, 7) is 4.25. The van der Waals surface area contributed by atoms with Crippen molar-refractivity contribution in [2.24, 2.45) is 0 Å². The molecule has 0 N–H and O–H groups in total. The molecular formula is C14H22O2S. The highest BCUT2D eigenvalue weighted by Crippen LogP contribution is 2.19. The van der Waals surface area contributed by atoms with E-state index in [1.54, 1.807) is 0 Å². The van der Waals surface area contributed by atoms with Gasteiger partial charge < -0.3 is 0 Å². The Morgan fingerprint density at radius 2 is 1.76 bits per heavy atom. The van der Waals surface area contributed by atoms with Crippen molar-refractivity contribution < 1.29 is 8.42 Å². The molecule has 0 spiro atoms. The highest BCUT2D eigenvalue weighted by atomic mass is 32.2. The number of hydrogen-bond acceptors (Lipinski definition) is 2. The Morgan fingerprint density at radius 1 is 1.06 bits per heavy atom. The van der Waals surface area contributed by atoms with Crippen LogP contribution in [-0.4, -0.2) is 8.42 Å². The van der Waals surface area contributed by atoms with Crippen molar-refractivity contribution in [3.8, 4) is 0 Å². The zero-order chi connectivity index (χ0) is 12.7. The van der Waals surface area contributed by atoms with E-state index in [-0.39, 0.29) is 5.75 Å². The lowest BCUT2D eigenvalue weighted by Gasteiger charge is -2.11. The van der Waals surface area contributed by atoms with Gasteiger partial charge in [-0.25, -0.2) is 8.42 Å². The second-order valence-electron chi connectivity index (χ2n) is 4.36. The summed E-state index contributed by atoms with van der Waals surface area (Å²) in [7, 11) is -2.33. The van der Waals surface area contributed by atoms with E-state index in [2.05, 4.69) is 19.9 Å². The Bertz CT molecular complexity index is 414. The van der Waals surface area contributed by atoms with E-state index >= 15 is 0 Å². The van der Waals surface area contributed by atoms with Crippen LogP contribution in [0.15, 0.2) is 18.2 Å². The molecule has 0 saturated carbocycles. The fourth-order valence-electron chi connectivity index (χ4n) is 2.15. The van der Waals surface area contributed by atoms with Crippen molar-refractivity contribution in [1.82, 2.24) is 0 Å². The second-order valence-corrected chi connectivity index (χ2v) is 5.34. The molecule has 0 heterocycles. The molecule has 0 atom stereocenters. The van der Waals surface area contributed by atoms with Crippen molar-refractivity contribution in [3.63, 3.8) is 0 Å². The monoisotopic (exact) mass is 254 g/mol. The minimum atomic E-state index is -2.33. The molecule has 1 rings (SSSR count). The van der Waals surface area contributed by atoms with E-state index in [1.165, 1.54) is 24.0 Å². The van der Waals surface area contributed by atoms with Crippen molar-refractivity contribution in [3.05, 3.63) is 34.9 Å². The fourth-order valence-corrected chi connectivity index (χ4v) is 2.82. The first-order valence-corrected chi connectivity index (χ1v) is 7.76. The lowest BCUT2D eigenvalue weighted by Crippen LogP contribution is -2.01. The Morgan fingerprint density at radius 3 is 2.35 bits per heavy atom. The average molecular weight is 254 g/mol. The first-order chi connectivity index (χ1) is 8.19. The smallest absolute Gasteiger partial charge is 0.144 e. The molecule has 96 valence electrons. The molecule has 0 aliphatic heterocycles. The fraction of sp³-hybridized carbons (Fsp3) is 0.571. The van der Waals surface area contributed by atoms with E-state index < -0.39 is 10.7 Å². The van der Waals surface area contributed by atoms with Crippen LogP contribution in [0.2, 0.25) is 0 Å². The highest BCUT2D eigenvalue weighted by molar-refractivity contribution is 7.71. The maximum Gasteiger partial charge on any atom is 0.144 e. The number of benzene rings is 1. The van der Waals surface area contributed by atoms with Crippen LogP contribution in [0.1, 0.15) is 49.8 Å². The molecule has 0 aromatic heterocycles. The molecule has 0 fully saturated rings. The summed E-state index contributed by atoms with van der Waals surface area (Å²) in [5, 5.41) is 0. The van der Waals surface area contributed by atoms with Crippen LogP contribution in [0.4, 0.5) is 0 Å². The number of hydrogen-bond donors (Lipinski definition) is 1. The largest absolute Gasteiger partial charge is 0.232 e. The van der Waals surface area contributed by atoms with Gasteiger partial charge in [0.2, 0.25) is 0 Å². The van der Waals surface area contributed by atoms with Crippen molar-refractivity contribution in [1.29, 1.82) is 0 Å². The standard InChI is InChI=1S/C14H22O2S/c1-3-5-6-8-13-10-7-9-12(4-2)14(13)11-17(15)16/h7,9-10,17H,3-6,8,11H2,1-2H3. The molecule has 0 amide bonds. The van der Waals surface area contributed by atoms with E-state index in [0.29, 0.717) is 0 Å². The molecule has 0 radical (unpaired) electrons. The summed E-state index contributed by atoms with van der Waals surface area (Å²) >= 11 is 0. The summed E-state index contributed by atoms with van der Waals surface area (Å²) in [5.41, 5.74) is 3.44. The summed E-state index contributed by atoms with van der Waals surface area (Å²) in [4.78, 5) is 0. The predicted molar refractivity (Wildman–Crippen MR) is 73.1 cm³/mol. The first-order valence-electron chi connectivity index (χ1n) is 6.40. The van der Waals surface area contributed by atoms with Crippen molar-refractivity contribution in [2.45, 2.75) is 51.7 Å². The van der Waals surface area contributed by atoms with Gasteiger partial charge in [0, 0.05) is 0 Å². The molecule has 17 heavy (non-hydrogen) atoms. The molecule has 1 aromatic carbocycles. The van der Waals surface area contributed by atoms with E-state index in [9.17, 15) is 8.42 Å². The summed E-state index contributed by atoms with van der Waals surface area (Å²) in [5.74, 6) is 0.195. The number of thiol groups is 1. The number of aryl methyl sites for hydroxylation is 2. The second kappa shape index (κ2) is 7.49. The quantitative estimate of drug-likeness (QED) is 0.599. The third-order valence-corrected chi connectivity index (χ3v) is 3.66. The third-order valence-electron chi connectivity index (χ3n) is 3.09. The van der Waals surface area contributed by atoms with Crippen LogP contribution in [0.3, 0.4) is 0 Å². The molecule has 0 saturated heterocycles. The summed E-state index contributed by atoms with van der Waals surface area (Å²) in [6, 6.07) is 6.15. The van der Waals surface area contributed by atoms with Crippen molar-refractivity contribution >= 4 is 10.7 Å². The SMILES string of the molecule is CCCCCc1cccc(CC)c1C[SH](=O)=O. The van der Waals surface area contributed by atoms with E-state index in [4.69, 9.17) is 0 Å². The van der Waals surface area contributed by atoms with Gasteiger partial charge in [0.15, 0.2) is 0 Å². The first kappa shape index (κ1) is 14.2. The Labute approximate surface area is 106 Å². The van der Waals surface area contributed by atoms with Gasteiger partial charge >= 0.3 is 0 Å². The molecule has 0 unspecified atom stereocenters. The molecule has 2 nitrogen and oxygen atoms in total. The van der Waals surface area contributed by atoms with Gasteiger partial charge in [-0.05, 0) is 36.0 Å². The van der Waals surface area contributed by atoms with Gasteiger partial charge in [-0.3, -0.25) is 0 Å². The zero-order valence-corrected chi connectivity index (χ0v) is 11.6. The van der Waals surface area contributed by atoms with Crippen LogP contribution >= 0.6 is 0 Å². The molecule has 0 aliphatic rings. The minimum Gasteiger partial charge on any atom is -0.232 e. The molecule has 1 aromatic rings. The van der Waals surface area contributed by atoms with Gasteiger partial charge in [-0.2, -0.15) is 0 Å². The molecule has 3 heteroatoms. The van der Waals surface area contributed by atoms with Crippen molar-refractivity contribution in [2.75, 3.05) is 0 Å². The Balaban J connectivity index is 2.92. The van der Waals surface area contributed by atoms with Gasteiger partial charge in [0.1, 0.15) is 10.7 Å². The lowest BCUT2D eigenvalue weighted by molar-refractivity contribution is 0.613. The van der Waals surface area contributed by atoms with Gasteiger partial charge in [-0.1, -0.05) is 44.9 Å². The topological polar surface area (TPSA) is 34.1 Å². The highest BCUT2D eigenvalue weighted by Gasteiger charge is 2.08. The Hall–Kier alpha value is -0.830. The van der Waals surface area contributed by atoms with Gasteiger partial charge in [0.05, 0.1) is 5.75 Å². The Kier molecular flexibility index (Phi) is 6.27. The third kappa shape index (κ3) is 4.50. The van der Waals surface area contributed by atoms with E-state index in [1.807, 2.05) is 12.1 Å². The van der Waals surface area contributed by atoms with Gasteiger partial charge in [0.25, 0.3) is 0 Å². The summed E-state index contributed by atoms with van der Waals surface area (Å²) in [6.07, 6.45) is 5.45. The average Bonchev–Trinajstić information content (AvgIpc) is 2.30. The van der Waals surface area contributed by atoms with Crippen LogP contribution < -0.4 is 0 Å². The summed E-state index contributed by atoms with van der Waals surface area (Å²) < 4.78 is 21.9. The zero-order valence-electron chi connectivity index (χ0n) is 10.7. The normalized spacial score (nSPS) is 11.0. The van der Waals surface area contributed by atoms with E-state index in [0.717, 1.165) is 24.8 Å². The maximum absolute atomic E-state index is 11.0. The van der Waals surface area contributed by atoms with Crippen LogP contribution in [0.25, 0.3) is 0 Å². The van der Waals surface area contributed by atoms with Crippen LogP contribution in [0.5, 0.6) is 0 Å². The maximum atomic E-state index is 11.0. The van der Waals surface area contributed by atoms with Crippen LogP contribution in [-0.2, 0) is 29.3 Å². The van der Waals surface area contributed by atoms with Gasteiger partial charge in [-0.15, -0.1) is 0 Å². The lowest BCUT2D eigenvalue weighted by atomic mass is 9.96. The number of unbranched alkanes of at least 4 members (excludes halogenated alkanes) is 2. The molecule has 0 aliphatic carbocycles. The molecular weight excluding hydrogens is 232 g/mol. The molecule has 0 bridgehead atoms.